The molecule has 0 heterocycles. The zero-order chi connectivity index (χ0) is 29.4. The molecule has 0 aliphatic carbocycles. The van der Waals surface area contributed by atoms with Crippen LogP contribution in [0.4, 0.5) is 5.69 Å². The predicted octanol–water partition coefficient (Wildman–Crippen LogP) is 5.56. The van der Waals surface area contributed by atoms with Crippen molar-refractivity contribution in [3.63, 3.8) is 0 Å². The fourth-order valence-electron chi connectivity index (χ4n) is 3.97. The molecule has 1 N–H and O–H groups in total. The third-order valence-corrected chi connectivity index (χ3v) is 8.82. The molecule has 0 radical (unpaired) electrons. The van der Waals surface area contributed by atoms with Gasteiger partial charge < -0.3 is 15.0 Å². The molecular weight excluding hydrogens is 618 g/mol. The first-order valence-electron chi connectivity index (χ1n) is 12.7. The standard InChI is InChI=1S/C29H33BrClN3O5S/c1-5-16-32-29(36)21(3)33(18-22-8-10-23(30)11-9-22)28(35)19-34(26-17-24(31)12-15-27(26)39-4)40(37,38)25-13-6-20(2)7-14-25/h6-15,17,21H,5,16,18-19H2,1-4H3,(H,32,36)/t21-/m1/s1. The minimum atomic E-state index is -4.25. The molecule has 0 bridgehead atoms. The van der Waals surface area contributed by atoms with Crippen LogP contribution < -0.4 is 14.4 Å². The third kappa shape index (κ3) is 7.77. The van der Waals surface area contributed by atoms with Crippen LogP contribution >= 0.6 is 27.5 Å². The van der Waals surface area contributed by atoms with Crippen LogP contribution in [0.1, 0.15) is 31.4 Å². The zero-order valence-corrected chi connectivity index (χ0v) is 26.0. The van der Waals surface area contributed by atoms with Crippen molar-refractivity contribution >= 4 is 55.1 Å². The van der Waals surface area contributed by atoms with E-state index in [4.69, 9.17) is 16.3 Å². The number of carbonyl (C=O) groups is 2. The number of hydrogen-bond acceptors (Lipinski definition) is 5. The van der Waals surface area contributed by atoms with Gasteiger partial charge in [-0.3, -0.25) is 13.9 Å². The number of rotatable bonds is 12. The maximum Gasteiger partial charge on any atom is 0.264 e. The topological polar surface area (TPSA) is 96.0 Å². The molecule has 0 spiro atoms. The predicted molar refractivity (Wildman–Crippen MR) is 161 cm³/mol. The van der Waals surface area contributed by atoms with Crippen LogP contribution in [0.5, 0.6) is 5.75 Å². The first kappa shape index (κ1) is 31.4. The second-order valence-electron chi connectivity index (χ2n) is 9.26. The molecule has 0 unspecified atom stereocenters. The Labute approximate surface area is 249 Å². The van der Waals surface area contributed by atoms with Crippen molar-refractivity contribution in [2.24, 2.45) is 0 Å². The van der Waals surface area contributed by atoms with Crippen molar-refractivity contribution in [1.29, 1.82) is 0 Å². The largest absolute Gasteiger partial charge is 0.495 e. The van der Waals surface area contributed by atoms with E-state index in [2.05, 4.69) is 21.2 Å². The lowest BCUT2D eigenvalue weighted by Gasteiger charge is -2.32. The summed E-state index contributed by atoms with van der Waals surface area (Å²) in [7, 11) is -2.84. The normalized spacial score (nSPS) is 11.9. The average Bonchev–Trinajstić information content (AvgIpc) is 2.93. The number of amides is 2. The maximum absolute atomic E-state index is 14.0. The second kappa shape index (κ2) is 14.0. The summed E-state index contributed by atoms with van der Waals surface area (Å²) in [5.41, 5.74) is 1.77. The molecule has 0 aromatic heterocycles. The molecule has 11 heteroatoms. The lowest BCUT2D eigenvalue weighted by atomic mass is 10.1. The number of benzene rings is 3. The van der Waals surface area contributed by atoms with Gasteiger partial charge in [-0.25, -0.2) is 8.42 Å². The summed E-state index contributed by atoms with van der Waals surface area (Å²) in [5.74, 6) is -0.679. The van der Waals surface area contributed by atoms with Crippen molar-refractivity contribution in [2.45, 2.75) is 44.7 Å². The van der Waals surface area contributed by atoms with Crippen LogP contribution in [-0.2, 0) is 26.2 Å². The van der Waals surface area contributed by atoms with Gasteiger partial charge >= 0.3 is 0 Å². The van der Waals surface area contributed by atoms with Crippen LogP contribution in [0.25, 0.3) is 0 Å². The highest BCUT2D eigenvalue weighted by Gasteiger charge is 2.34. The number of sulfonamides is 1. The number of anilines is 1. The molecule has 0 aliphatic rings. The molecule has 0 saturated heterocycles. The number of ether oxygens (including phenoxy) is 1. The van der Waals surface area contributed by atoms with E-state index >= 15 is 0 Å². The van der Waals surface area contributed by atoms with Gasteiger partial charge in [-0.2, -0.15) is 0 Å². The van der Waals surface area contributed by atoms with Gasteiger partial charge in [0.15, 0.2) is 0 Å². The number of carbonyl (C=O) groups excluding carboxylic acids is 2. The Kier molecular flexibility index (Phi) is 11.0. The lowest BCUT2D eigenvalue weighted by Crippen LogP contribution is -2.51. The molecule has 3 rings (SSSR count). The molecule has 0 saturated carbocycles. The molecule has 3 aromatic rings. The van der Waals surface area contributed by atoms with Crippen LogP contribution in [-0.4, -0.2) is 51.4 Å². The SMILES string of the molecule is CCCNC(=O)[C@@H](C)N(Cc1ccc(Br)cc1)C(=O)CN(c1cc(Cl)ccc1OC)S(=O)(=O)c1ccc(C)cc1. The Morgan fingerprint density at radius 3 is 2.30 bits per heavy atom. The van der Waals surface area contributed by atoms with E-state index in [-0.39, 0.29) is 33.8 Å². The van der Waals surface area contributed by atoms with E-state index in [1.807, 2.05) is 38.1 Å². The molecule has 2 amide bonds. The summed E-state index contributed by atoms with van der Waals surface area (Å²) in [5, 5.41) is 3.09. The van der Waals surface area contributed by atoms with E-state index in [1.165, 1.54) is 30.2 Å². The Hall–Kier alpha value is -3.08. The summed E-state index contributed by atoms with van der Waals surface area (Å²) in [6, 6.07) is 17.4. The van der Waals surface area contributed by atoms with Gasteiger partial charge in [0.1, 0.15) is 18.3 Å². The average molecular weight is 651 g/mol. The third-order valence-electron chi connectivity index (χ3n) is 6.28. The quantitative estimate of drug-likeness (QED) is 0.277. The first-order valence-corrected chi connectivity index (χ1v) is 15.3. The molecular formula is C29H33BrClN3O5S. The number of halogens is 2. The van der Waals surface area contributed by atoms with Crippen LogP contribution in [0.2, 0.25) is 5.02 Å². The molecule has 0 aliphatic heterocycles. The molecule has 40 heavy (non-hydrogen) atoms. The lowest BCUT2D eigenvalue weighted by molar-refractivity contribution is -0.139. The number of nitrogens with one attached hydrogen (secondary N) is 1. The smallest absolute Gasteiger partial charge is 0.264 e. The second-order valence-corrected chi connectivity index (χ2v) is 12.5. The molecule has 1 atom stereocenters. The molecule has 3 aromatic carbocycles. The van der Waals surface area contributed by atoms with Crippen molar-refractivity contribution in [2.75, 3.05) is 24.5 Å². The Balaban J connectivity index is 2.08. The van der Waals surface area contributed by atoms with E-state index in [0.29, 0.717) is 6.54 Å². The fraction of sp³-hybridized carbons (Fsp3) is 0.310. The van der Waals surface area contributed by atoms with E-state index in [1.54, 1.807) is 31.2 Å². The highest BCUT2D eigenvalue weighted by atomic mass is 79.9. The Morgan fingerprint density at radius 1 is 1.05 bits per heavy atom. The van der Waals surface area contributed by atoms with E-state index in [9.17, 15) is 18.0 Å². The number of aryl methyl sites for hydroxylation is 1. The molecule has 8 nitrogen and oxygen atoms in total. The van der Waals surface area contributed by atoms with Gasteiger partial charge in [0.25, 0.3) is 10.0 Å². The number of methoxy groups -OCH3 is 1. The summed E-state index contributed by atoms with van der Waals surface area (Å²) in [6.07, 6.45) is 0.732. The number of nitrogens with zero attached hydrogens (tertiary/aromatic N) is 2. The highest BCUT2D eigenvalue weighted by molar-refractivity contribution is 9.10. The van der Waals surface area contributed by atoms with Crippen LogP contribution in [0.3, 0.4) is 0 Å². The summed E-state index contributed by atoms with van der Waals surface area (Å²) >= 11 is 9.67. The van der Waals surface area contributed by atoms with E-state index in [0.717, 1.165) is 26.3 Å². The highest BCUT2D eigenvalue weighted by Crippen LogP contribution is 2.35. The van der Waals surface area contributed by atoms with Gasteiger partial charge in [0.2, 0.25) is 11.8 Å². The van der Waals surface area contributed by atoms with Gasteiger partial charge in [0, 0.05) is 22.6 Å². The monoisotopic (exact) mass is 649 g/mol. The van der Waals surface area contributed by atoms with Gasteiger partial charge in [0.05, 0.1) is 17.7 Å². The van der Waals surface area contributed by atoms with Crippen molar-refractivity contribution < 1.29 is 22.7 Å². The van der Waals surface area contributed by atoms with Gasteiger partial charge in [-0.05, 0) is 68.3 Å². The van der Waals surface area contributed by atoms with E-state index < -0.39 is 28.5 Å². The maximum atomic E-state index is 14.0. The zero-order valence-electron chi connectivity index (χ0n) is 22.9. The Morgan fingerprint density at radius 2 is 1.70 bits per heavy atom. The summed E-state index contributed by atoms with van der Waals surface area (Å²) < 4.78 is 35.3. The first-order chi connectivity index (χ1) is 19.0. The van der Waals surface area contributed by atoms with Crippen molar-refractivity contribution in [3.8, 4) is 5.75 Å². The summed E-state index contributed by atoms with van der Waals surface area (Å²) in [4.78, 5) is 28.3. The minimum absolute atomic E-state index is 0.00104. The summed E-state index contributed by atoms with van der Waals surface area (Å²) in [6.45, 7) is 5.37. The van der Waals surface area contributed by atoms with Crippen molar-refractivity contribution in [1.82, 2.24) is 10.2 Å². The van der Waals surface area contributed by atoms with Gasteiger partial charge in [-0.15, -0.1) is 0 Å². The molecule has 0 fully saturated rings. The van der Waals surface area contributed by atoms with Crippen LogP contribution in [0.15, 0.2) is 76.1 Å². The fourth-order valence-corrected chi connectivity index (χ4v) is 5.82. The van der Waals surface area contributed by atoms with Gasteiger partial charge in [-0.1, -0.05) is 64.3 Å². The van der Waals surface area contributed by atoms with Crippen LogP contribution in [0, 0.1) is 6.92 Å². The minimum Gasteiger partial charge on any atom is -0.495 e. The number of hydrogen-bond donors (Lipinski definition) is 1. The van der Waals surface area contributed by atoms with Crippen molar-refractivity contribution in [3.05, 3.63) is 87.4 Å². The Bertz CT molecular complexity index is 1430. The molecule has 214 valence electrons.